The van der Waals surface area contributed by atoms with Crippen LogP contribution in [0.15, 0.2) is 30.3 Å². The molecule has 3 aliphatic rings. The Morgan fingerprint density at radius 1 is 0.788 bits per heavy atom. The van der Waals surface area contributed by atoms with E-state index in [9.17, 15) is 14.4 Å². The Morgan fingerprint density at radius 2 is 1.48 bits per heavy atom. The van der Waals surface area contributed by atoms with Gasteiger partial charge in [0, 0.05) is 51.4 Å². The van der Waals surface area contributed by atoms with Gasteiger partial charge in [-0.3, -0.25) is 9.59 Å². The van der Waals surface area contributed by atoms with Crippen molar-refractivity contribution in [1.29, 1.82) is 0 Å². The molecule has 0 radical (unpaired) electrons. The van der Waals surface area contributed by atoms with E-state index in [0.717, 1.165) is 30.9 Å². The number of amides is 4. The number of benzene rings is 1. The van der Waals surface area contributed by atoms with E-state index in [1.54, 1.807) is 4.90 Å². The number of carbonyl (C=O) groups excluding carboxylic acids is 3. The lowest BCUT2D eigenvalue weighted by atomic mass is 9.86. The van der Waals surface area contributed by atoms with Crippen LogP contribution in [0.4, 0.5) is 10.5 Å². The summed E-state index contributed by atoms with van der Waals surface area (Å²) in [4.78, 5) is 44.1. The summed E-state index contributed by atoms with van der Waals surface area (Å²) < 4.78 is 0. The zero-order chi connectivity index (χ0) is 23.0. The minimum absolute atomic E-state index is 0.126. The van der Waals surface area contributed by atoms with Gasteiger partial charge in [0.1, 0.15) is 0 Å². The van der Waals surface area contributed by atoms with Gasteiger partial charge < -0.3 is 20.0 Å². The van der Waals surface area contributed by atoms with Crippen molar-refractivity contribution in [3.8, 4) is 0 Å². The summed E-state index contributed by atoms with van der Waals surface area (Å²) in [6.07, 6.45) is 9.82. The number of para-hydroxylation sites is 1. The zero-order valence-electron chi connectivity index (χ0n) is 19.7. The summed E-state index contributed by atoms with van der Waals surface area (Å²) in [5.74, 6) is 0.934. The standard InChI is InChI=1S/C26H38N4O3/c31-24(14-13-21-8-3-1-4-9-21)28-16-18-29(19-17-28)25(32)22-10-7-15-30(20-22)26(33)27-23-11-5-2-6-12-23/h2,5-6,11-12,21-22H,1,3-4,7-10,13-20H2,(H,27,33). The van der Waals surface area contributed by atoms with Gasteiger partial charge in [0.25, 0.3) is 0 Å². The van der Waals surface area contributed by atoms with Gasteiger partial charge in [0.15, 0.2) is 0 Å². The molecule has 2 heterocycles. The number of rotatable bonds is 5. The van der Waals surface area contributed by atoms with Gasteiger partial charge in [-0.05, 0) is 37.3 Å². The molecule has 180 valence electrons. The zero-order valence-corrected chi connectivity index (χ0v) is 19.7. The van der Waals surface area contributed by atoms with Crippen molar-refractivity contribution in [3.63, 3.8) is 0 Å². The number of urea groups is 1. The molecule has 1 N–H and O–H groups in total. The average molecular weight is 455 g/mol. The Morgan fingerprint density at radius 3 is 2.21 bits per heavy atom. The molecule has 1 aromatic carbocycles. The molecule has 0 bridgehead atoms. The molecule has 7 nitrogen and oxygen atoms in total. The number of anilines is 1. The van der Waals surface area contributed by atoms with E-state index >= 15 is 0 Å². The van der Waals surface area contributed by atoms with E-state index in [-0.39, 0.29) is 23.8 Å². The third-order valence-corrected chi connectivity index (χ3v) is 7.52. The molecule has 2 aliphatic heterocycles. The highest BCUT2D eigenvalue weighted by atomic mass is 16.2. The van der Waals surface area contributed by atoms with Gasteiger partial charge >= 0.3 is 6.03 Å². The number of hydrogen-bond donors (Lipinski definition) is 1. The number of piperidine rings is 1. The van der Waals surface area contributed by atoms with Gasteiger partial charge in [0.2, 0.25) is 11.8 Å². The fourth-order valence-electron chi connectivity index (χ4n) is 5.48. The van der Waals surface area contributed by atoms with E-state index in [1.165, 1.54) is 32.1 Å². The highest BCUT2D eigenvalue weighted by Crippen LogP contribution is 2.27. The average Bonchev–Trinajstić information content (AvgIpc) is 2.88. The summed E-state index contributed by atoms with van der Waals surface area (Å²) in [6.45, 7) is 3.57. The van der Waals surface area contributed by atoms with E-state index in [4.69, 9.17) is 0 Å². The quantitative estimate of drug-likeness (QED) is 0.732. The van der Waals surface area contributed by atoms with Crippen molar-refractivity contribution < 1.29 is 14.4 Å². The summed E-state index contributed by atoms with van der Waals surface area (Å²) in [5, 5.41) is 2.92. The first-order valence-electron chi connectivity index (χ1n) is 12.8. The molecule has 1 unspecified atom stereocenters. The molecule has 4 amide bonds. The predicted octanol–water partition coefficient (Wildman–Crippen LogP) is 3.96. The van der Waals surface area contributed by atoms with Gasteiger partial charge in [-0.15, -0.1) is 0 Å². The number of nitrogens with one attached hydrogen (secondary N) is 1. The maximum Gasteiger partial charge on any atom is 0.321 e. The van der Waals surface area contributed by atoms with Crippen LogP contribution in [0.3, 0.4) is 0 Å². The maximum atomic E-state index is 13.2. The first kappa shape index (κ1) is 23.6. The predicted molar refractivity (Wildman–Crippen MR) is 129 cm³/mol. The van der Waals surface area contributed by atoms with Gasteiger partial charge in [-0.25, -0.2) is 4.79 Å². The molecule has 33 heavy (non-hydrogen) atoms. The van der Waals surface area contributed by atoms with Crippen molar-refractivity contribution in [1.82, 2.24) is 14.7 Å². The van der Waals surface area contributed by atoms with Crippen LogP contribution in [0.5, 0.6) is 0 Å². The number of carbonyl (C=O) groups is 3. The van der Waals surface area contributed by atoms with E-state index in [1.807, 2.05) is 40.1 Å². The summed E-state index contributed by atoms with van der Waals surface area (Å²) >= 11 is 0. The van der Waals surface area contributed by atoms with Crippen LogP contribution in [-0.4, -0.2) is 71.8 Å². The lowest BCUT2D eigenvalue weighted by Crippen LogP contribution is -2.54. The van der Waals surface area contributed by atoms with Gasteiger partial charge in [-0.1, -0.05) is 50.3 Å². The van der Waals surface area contributed by atoms with E-state index in [0.29, 0.717) is 45.7 Å². The number of piperazine rings is 1. The van der Waals surface area contributed by atoms with Crippen molar-refractivity contribution in [2.24, 2.45) is 11.8 Å². The monoisotopic (exact) mass is 454 g/mol. The molecule has 1 saturated carbocycles. The smallest absolute Gasteiger partial charge is 0.321 e. The topological polar surface area (TPSA) is 73.0 Å². The summed E-state index contributed by atoms with van der Waals surface area (Å²) in [5.41, 5.74) is 0.764. The molecule has 0 aromatic heterocycles. The van der Waals surface area contributed by atoms with Crippen LogP contribution in [0.2, 0.25) is 0 Å². The molecular formula is C26H38N4O3. The molecule has 1 atom stereocenters. The van der Waals surface area contributed by atoms with Crippen molar-refractivity contribution >= 4 is 23.5 Å². The lowest BCUT2D eigenvalue weighted by molar-refractivity contribution is -0.143. The van der Waals surface area contributed by atoms with Crippen LogP contribution in [-0.2, 0) is 9.59 Å². The second-order valence-electron chi connectivity index (χ2n) is 9.83. The second kappa shape index (κ2) is 11.5. The molecule has 4 rings (SSSR count). The maximum absolute atomic E-state index is 13.2. The summed E-state index contributed by atoms with van der Waals surface area (Å²) in [6, 6.07) is 9.26. The molecule has 0 spiro atoms. The van der Waals surface area contributed by atoms with Crippen LogP contribution in [0.25, 0.3) is 0 Å². The van der Waals surface area contributed by atoms with Crippen LogP contribution in [0, 0.1) is 11.8 Å². The highest BCUT2D eigenvalue weighted by Gasteiger charge is 2.33. The Labute approximate surface area is 197 Å². The van der Waals surface area contributed by atoms with E-state index < -0.39 is 0 Å². The van der Waals surface area contributed by atoms with Gasteiger partial charge in [-0.2, -0.15) is 0 Å². The second-order valence-corrected chi connectivity index (χ2v) is 9.83. The Bertz CT molecular complexity index is 801. The van der Waals surface area contributed by atoms with Crippen LogP contribution >= 0.6 is 0 Å². The first-order chi connectivity index (χ1) is 16.1. The fourth-order valence-corrected chi connectivity index (χ4v) is 5.48. The third kappa shape index (κ3) is 6.49. The van der Waals surface area contributed by atoms with Crippen molar-refractivity contribution in [3.05, 3.63) is 30.3 Å². The summed E-state index contributed by atoms with van der Waals surface area (Å²) in [7, 11) is 0. The Kier molecular flexibility index (Phi) is 8.24. The first-order valence-corrected chi connectivity index (χ1v) is 12.8. The minimum Gasteiger partial charge on any atom is -0.339 e. The fraction of sp³-hybridized carbons (Fsp3) is 0.654. The molecule has 3 fully saturated rings. The Balaban J connectivity index is 1.21. The largest absolute Gasteiger partial charge is 0.339 e. The minimum atomic E-state index is -0.158. The highest BCUT2D eigenvalue weighted by molar-refractivity contribution is 5.90. The SMILES string of the molecule is O=C(CCC1CCCCC1)N1CCN(C(=O)C2CCCN(C(=O)Nc3ccccc3)C2)CC1. The normalized spacial score (nSPS) is 22.2. The van der Waals surface area contributed by atoms with Crippen molar-refractivity contribution in [2.45, 2.75) is 57.8 Å². The van der Waals surface area contributed by atoms with E-state index in [2.05, 4.69) is 5.32 Å². The molecule has 2 saturated heterocycles. The molecular weight excluding hydrogens is 416 g/mol. The Hall–Kier alpha value is -2.57. The van der Waals surface area contributed by atoms with Gasteiger partial charge in [0.05, 0.1) is 5.92 Å². The van der Waals surface area contributed by atoms with Crippen molar-refractivity contribution in [2.75, 3.05) is 44.6 Å². The number of hydrogen-bond acceptors (Lipinski definition) is 3. The van der Waals surface area contributed by atoms with Crippen LogP contribution < -0.4 is 5.32 Å². The number of likely N-dealkylation sites (tertiary alicyclic amines) is 1. The molecule has 1 aliphatic carbocycles. The third-order valence-electron chi connectivity index (χ3n) is 7.52. The lowest BCUT2D eigenvalue weighted by Gasteiger charge is -2.39. The molecule has 7 heteroatoms. The molecule has 1 aromatic rings. The van der Waals surface area contributed by atoms with Crippen LogP contribution in [0.1, 0.15) is 57.8 Å². The number of nitrogens with zero attached hydrogens (tertiary/aromatic N) is 3.